The predicted molar refractivity (Wildman–Crippen MR) is 56.2 cm³/mol. The van der Waals surface area contributed by atoms with Gasteiger partial charge in [0.1, 0.15) is 5.82 Å². The van der Waals surface area contributed by atoms with Gasteiger partial charge in [0.2, 0.25) is 0 Å². The van der Waals surface area contributed by atoms with Gasteiger partial charge in [0.15, 0.2) is 0 Å². The molecule has 0 atom stereocenters. The van der Waals surface area contributed by atoms with Crippen LogP contribution in [0.1, 0.15) is 5.69 Å². The number of aromatic nitrogens is 1. The van der Waals surface area contributed by atoms with Crippen molar-refractivity contribution in [3.63, 3.8) is 0 Å². The van der Waals surface area contributed by atoms with E-state index in [0.717, 1.165) is 5.69 Å². The summed E-state index contributed by atoms with van der Waals surface area (Å²) >= 11 is 0. The highest BCUT2D eigenvalue weighted by molar-refractivity contribution is 5.39. The lowest BCUT2D eigenvalue weighted by molar-refractivity contribution is 0.154. The first-order valence-corrected chi connectivity index (χ1v) is 4.80. The first-order valence-electron chi connectivity index (χ1n) is 4.80. The number of hydrogen-bond acceptors (Lipinski definition) is 3. The largest absolute Gasteiger partial charge is 0.350 e. The van der Waals surface area contributed by atoms with E-state index in [1.54, 1.807) is 12.1 Å². The molecule has 0 radical (unpaired) electrons. The van der Waals surface area contributed by atoms with Gasteiger partial charge in [-0.05, 0) is 19.1 Å². The van der Waals surface area contributed by atoms with Crippen LogP contribution in [-0.2, 0) is 0 Å². The number of pyridine rings is 1. The lowest BCUT2D eigenvalue weighted by Crippen LogP contribution is -2.34. The van der Waals surface area contributed by atoms with Crippen LogP contribution in [0.4, 0.5) is 14.6 Å². The number of nitrogens with two attached hydrogens (primary N) is 1. The lowest BCUT2D eigenvalue weighted by atomic mass is 10.3. The molecule has 0 aliphatic rings. The van der Waals surface area contributed by atoms with Gasteiger partial charge in [0.05, 0.1) is 6.54 Å². The van der Waals surface area contributed by atoms with Gasteiger partial charge in [0.25, 0.3) is 6.43 Å². The van der Waals surface area contributed by atoms with Crippen LogP contribution < -0.4 is 10.6 Å². The Morgan fingerprint density at radius 2 is 2.20 bits per heavy atom. The maximum atomic E-state index is 12.3. The van der Waals surface area contributed by atoms with Crippen LogP contribution >= 0.6 is 0 Å². The van der Waals surface area contributed by atoms with Gasteiger partial charge in [-0.2, -0.15) is 0 Å². The summed E-state index contributed by atoms with van der Waals surface area (Å²) in [7, 11) is 0. The molecule has 1 rings (SSSR count). The molecule has 1 heterocycles. The summed E-state index contributed by atoms with van der Waals surface area (Å²) in [5.74, 6) is 0.556. The van der Waals surface area contributed by atoms with Crippen molar-refractivity contribution in [2.45, 2.75) is 13.3 Å². The van der Waals surface area contributed by atoms with Crippen molar-refractivity contribution in [2.75, 3.05) is 24.5 Å². The molecule has 0 aromatic carbocycles. The van der Waals surface area contributed by atoms with Crippen LogP contribution in [-0.4, -0.2) is 31.0 Å². The second kappa shape index (κ2) is 5.60. The van der Waals surface area contributed by atoms with Crippen molar-refractivity contribution in [2.24, 2.45) is 5.73 Å². The maximum Gasteiger partial charge on any atom is 0.255 e. The fraction of sp³-hybridized carbons (Fsp3) is 0.500. The second-order valence-electron chi connectivity index (χ2n) is 3.26. The molecule has 0 spiro atoms. The summed E-state index contributed by atoms with van der Waals surface area (Å²) in [6.07, 6.45) is -2.38. The van der Waals surface area contributed by atoms with Gasteiger partial charge >= 0.3 is 0 Å². The van der Waals surface area contributed by atoms with Gasteiger partial charge in [-0.15, -0.1) is 0 Å². The van der Waals surface area contributed by atoms with Crippen LogP contribution in [0.5, 0.6) is 0 Å². The third-order valence-electron chi connectivity index (χ3n) is 1.96. The molecule has 1 aromatic rings. The Bertz CT molecular complexity index is 304. The van der Waals surface area contributed by atoms with Crippen LogP contribution in [0.25, 0.3) is 0 Å². The van der Waals surface area contributed by atoms with Gasteiger partial charge in [-0.1, -0.05) is 6.07 Å². The van der Waals surface area contributed by atoms with Crippen molar-refractivity contribution in [1.29, 1.82) is 0 Å². The summed E-state index contributed by atoms with van der Waals surface area (Å²) in [6, 6.07) is 5.34. The van der Waals surface area contributed by atoms with E-state index in [1.807, 2.05) is 13.0 Å². The number of hydrogen-bond donors (Lipinski definition) is 1. The number of nitrogens with zero attached hydrogens (tertiary/aromatic N) is 2. The molecule has 5 heteroatoms. The highest BCUT2D eigenvalue weighted by Gasteiger charge is 2.12. The summed E-state index contributed by atoms with van der Waals surface area (Å²) in [4.78, 5) is 5.68. The molecule has 0 amide bonds. The van der Waals surface area contributed by atoms with Crippen molar-refractivity contribution < 1.29 is 8.78 Å². The van der Waals surface area contributed by atoms with Crippen LogP contribution in [0, 0.1) is 6.92 Å². The van der Waals surface area contributed by atoms with E-state index in [4.69, 9.17) is 5.73 Å². The van der Waals surface area contributed by atoms with Crippen molar-refractivity contribution >= 4 is 5.82 Å². The molecule has 84 valence electrons. The van der Waals surface area contributed by atoms with Crippen molar-refractivity contribution in [3.05, 3.63) is 23.9 Å². The summed E-state index contributed by atoms with van der Waals surface area (Å²) in [6.45, 7) is 2.23. The van der Waals surface area contributed by atoms with E-state index in [1.165, 1.54) is 4.90 Å². The molecule has 0 aliphatic heterocycles. The van der Waals surface area contributed by atoms with E-state index < -0.39 is 6.43 Å². The molecule has 0 saturated carbocycles. The Morgan fingerprint density at radius 3 is 2.73 bits per heavy atom. The summed E-state index contributed by atoms with van der Waals surface area (Å²) in [5.41, 5.74) is 6.18. The maximum absolute atomic E-state index is 12.3. The molecule has 0 unspecified atom stereocenters. The molecular formula is C10H15F2N3. The Kier molecular flexibility index (Phi) is 4.42. The fourth-order valence-corrected chi connectivity index (χ4v) is 1.33. The minimum atomic E-state index is -2.38. The average molecular weight is 215 g/mol. The van der Waals surface area contributed by atoms with Crippen molar-refractivity contribution in [1.82, 2.24) is 4.98 Å². The SMILES string of the molecule is Cc1cccc(N(CCN)CC(F)F)n1. The fourth-order valence-electron chi connectivity index (χ4n) is 1.33. The van der Waals surface area contributed by atoms with Gasteiger partial charge < -0.3 is 10.6 Å². The van der Waals surface area contributed by atoms with Crippen LogP contribution in [0.15, 0.2) is 18.2 Å². The monoisotopic (exact) mass is 215 g/mol. The quantitative estimate of drug-likeness (QED) is 0.807. The molecule has 2 N–H and O–H groups in total. The zero-order valence-electron chi connectivity index (χ0n) is 8.66. The molecular weight excluding hydrogens is 200 g/mol. The molecule has 1 aromatic heterocycles. The Hall–Kier alpha value is -1.23. The number of aryl methyl sites for hydroxylation is 1. The molecule has 15 heavy (non-hydrogen) atoms. The standard InChI is InChI=1S/C10H15F2N3/c1-8-3-2-4-10(14-8)15(6-5-13)7-9(11)12/h2-4,9H,5-7,13H2,1H3. The van der Waals surface area contributed by atoms with E-state index in [2.05, 4.69) is 4.98 Å². The zero-order chi connectivity index (χ0) is 11.3. The Labute approximate surface area is 87.9 Å². The first kappa shape index (κ1) is 11.8. The summed E-state index contributed by atoms with van der Waals surface area (Å²) in [5, 5.41) is 0. The average Bonchev–Trinajstić information content (AvgIpc) is 2.16. The van der Waals surface area contributed by atoms with Gasteiger partial charge in [0, 0.05) is 18.8 Å². The first-order chi connectivity index (χ1) is 7.13. The zero-order valence-corrected chi connectivity index (χ0v) is 8.66. The van der Waals surface area contributed by atoms with E-state index in [0.29, 0.717) is 18.9 Å². The van der Waals surface area contributed by atoms with E-state index >= 15 is 0 Å². The highest BCUT2D eigenvalue weighted by atomic mass is 19.3. The van der Waals surface area contributed by atoms with Crippen LogP contribution in [0.2, 0.25) is 0 Å². The highest BCUT2D eigenvalue weighted by Crippen LogP contribution is 2.12. The minimum Gasteiger partial charge on any atom is -0.350 e. The topological polar surface area (TPSA) is 42.1 Å². The second-order valence-corrected chi connectivity index (χ2v) is 3.26. The normalized spacial score (nSPS) is 10.7. The molecule has 0 bridgehead atoms. The predicted octanol–water partition coefficient (Wildman–Crippen LogP) is 1.42. The minimum absolute atomic E-state index is 0.326. The van der Waals surface area contributed by atoms with Crippen molar-refractivity contribution in [3.8, 4) is 0 Å². The van der Waals surface area contributed by atoms with E-state index in [9.17, 15) is 8.78 Å². The van der Waals surface area contributed by atoms with Gasteiger partial charge in [-0.3, -0.25) is 0 Å². The van der Waals surface area contributed by atoms with Gasteiger partial charge in [-0.25, -0.2) is 13.8 Å². The lowest BCUT2D eigenvalue weighted by Gasteiger charge is -2.22. The molecule has 0 fully saturated rings. The third-order valence-corrected chi connectivity index (χ3v) is 1.96. The number of halogens is 2. The number of rotatable bonds is 5. The Morgan fingerprint density at radius 1 is 1.47 bits per heavy atom. The van der Waals surface area contributed by atoms with Crippen LogP contribution in [0.3, 0.4) is 0 Å². The smallest absolute Gasteiger partial charge is 0.255 e. The number of anilines is 1. The third kappa shape index (κ3) is 3.79. The molecule has 3 nitrogen and oxygen atoms in total. The molecule has 0 aliphatic carbocycles. The summed E-state index contributed by atoms with van der Waals surface area (Å²) < 4.78 is 24.6. The molecule has 0 saturated heterocycles. The number of alkyl halides is 2. The Balaban J connectivity index is 2.78. The van der Waals surface area contributed by atoms with E-state index in [-0.39, 0.29) is 6.54 Å².